The molecule has 0 aromatic heterocycles. The van der Waals surface area contributed by atoms with Gasteiger partial charge in [0.15, 0.2) is 0 Å². The maximum Gasteiger partial charge on any atom is 0.124 e. The third-order valence-electron chi connectivity index (χ3n) is 6.06. The van der Waals surface area contributed by atoms with E-state index in [1.807, 2.05) is 84.9 Å². The predicted octanol–water partition coefficient (Wildman–Crippen LogP) is 9.18. The molecule has 5 rings (SSSR count). The topological polar surface area (TPSA) is 65.2 Å². The number of hydrogen-bond donors (Lipinski definition) is 2. The van der Waals surface area contributed by atoms with Gasteiger partial charge in [0.25, 0.3) is 0 Å². The van der Waals surface area contributed by atoms with E-state index in [9.17, 15) is 10.2 Å². The molecule has 40 heavy (non-hydrogen) atoms. The van der Waals surface area contributed by atoms with Gasteiger partial charge < -0.3 is 10.2 Å². The molecule has 0 amide bonds. The summed E-state index contributed by atoms with van der Waals surface area (Å²) in [6, 6.07) is 39.2. The van der Waals surface area contributed by atoms with Crippen molar-refractivity contribution < 1.29 is 10.2 Å². The van der Waals surface area contributed by atoms with Crippen molar-refractivity contribution in [3.05, 3.63) is 144 Å². The zero-order chi connectivity index (χ0) is 27.6. The second kappa shape index (κ2) is 13.7. The SMILES string of the molecule is Oc1ccc(SCc2ccccc2)cc1C=Nc1ccccc1N=Cc1cc(SCc2ccccc2)ccc1O. The highest BCUT2D eigenvalue weighted by Crippen LogP contribution is 2.31. The molecular weight excluding hydrogens is 533 g/mol. The monoisotopic (exact) mass is 560 g/mol. The fourth-order valence-electron chi connectivity index (χ4n) is 3.89. The Morgan fingerprint density at radius 2 is 0.900 bits per heavy atom. The molecule has 5 aromatic carbocycles. The number of thioether (sulfide) groups is 2. The summed E-state index contributed by atoms with van der Waals surface area (Å²) in [4.78, 5) is 11.4. The van der Waals surface area contributed by atoms with Gasteiger partial charge in [0.2, 0.25) is 0 Å². The number of hydrogen-bond acceptors (Lipinski definition) is 6. The maximum absolute atomic E-state index is 10.4. The smallest absolute Gasteiger partial charge is 0.124 e. The van der Waals surface area contributed by atoms with Crippen LogP contribution in [0.15, 0.2) is 141 Å². The van der Waals surface area contributed by atoms with Gasteiger partial charge >= 0.3 is 0 Å². The Morgan fingerprint density at radius 1 is 0.500 bits per heavy atom. The van der Waals surface area contributed by atoms with E-state index in [4.69, 9.17) is 0 Å². The number of para-hydroxylation sites is 2. The largest absolute Gasteiger partial charge is 0.507 e. The maximum atomic E-state index is 10.4. The van der Waals surface area contributed by atoms with Crippen LogP contribution in [0, 0.1) is 0 Å². The van der Waals surface area contributed by atoms with E-state index in [-0.39, 0.29) is 11.5 Å². The number of nitrogens with zero attached hydrogens (tertiary/aromatic N) is 2. The number of phenolic OH excluding ortho intramolecular Hbond substituents is 2. The van der Waals surface area contributed by atoms with Gasteiger partial charge in [-0.3, -0.25) is 9.98 Å². The molecule has 6 heteroatoms. The van der Waals surface area contributed by atoms with Crippen molar-refractivity contribution in [2.75, 3.05) is 0 Å². The van der Waals surface area contributed by atoms with Gasteiger partial charge in [-0.05, 0) is 59.7 Å². The highest BCUT2D eigenvalue weighted by Gasteiger charge is 2.06. The van der Waals surface area contributed by atoms with E-state index < -0.39 is 0 Å². The molecule has 0 heterocycles. The number of rotatable bonds is 10. The fraction of sp³-hybridized carbons (Fsp3) is 0.0588. The Balaban J connectivity index is 1.30. The van der Waals surface area contributed by atoms with Crippen LogP contribution < -0.4 is 0 Å². The van der Waals surface area contributed by atoms with Gasteiger partial charge in [-0.15, -0.1) is 23.5 Å². The quantitative estimate of drug-likeness (QED) is 0.132. The number of phenols is 2. The van der Waals surface area contributed by atoms with Gasteiger partial charge in [0, 0.05) is 44.9 Å². The van der Waals surface area contributed by atoms with Crippen LogP contribution in [0.3, 0.4) is 0 Å². The minimum atomic E-state index is 0.170. The number of aliphatic imine (C=N–C) groups is 2. The third kappa shape index (κ3) is 7.65. The summed E-state index contributed by atoms with van der Waals surface area (Å²) in [5, 5.41) is 20.9. The molecule has 0 aliphatic carbocycles. The van der Waals surface area contributed by atoms with Gasteiger partial charge in [0.05, 0.1) is 11.4 Å². The third-order valence-corrected chi connectivity index (χ3v) is 8.19. The standard InChI is InChI=1S/C34H28N2O2S2/c37-33-17-15-29(39-23-25-9-3-1-4-10-25)19-27(33)21-35-31-13-7-8-14-32(31)36-22-28-20-30(16-18-34(28)38)40-24-26-11-5-2-6-12-26/h1-22,37-38H,23-24H2. The molecule has 198 valence electrons. The van der Waals surface area contributed by atoms with Gasteiger partial charge in [0.1, 0.15) is 11.5 Å². The Labute approximate surface area is 243 Å². The van der Waals surface area contributed by atoms with Crippen LogP contribution in [0.5, 0.6) is 11.5 Å². The summed E-state index contributed by atoms with van der Waals surface area (Å²) >= 11 is 3.42. The molecular formula is C34H28N2O2S2. The van der Waals surface area contributed by atoms with Crippen molar-refractivity contribution in [2.45, 2.75) is 21.3 Å². The van der Waals surface area contributed by atoms with E-state index in [2.05, 4.69) is 34.3 Å². The van der Waals surface area contributed by atoms with Crippen LogP contribution in [0.4, 0.5) is 11.4 Å². The molecule has 0 radical (unpaired) electrons. The van der Waals surface area contributed by atoms with Crippen LogP contribution in [-0.2, 0) is 11.5 Å². The minimum Gasteiger partial charge on any atom is -0.507 e. The molecule has 0 aliphatic rings. The fourth-order valence-corrected chi connectivity index (χ4v) is 5.69. The molecule has 0 spiro atoms. The first-order valence-electron chi connectivity index (χ1n) is 12.8. The second-order valence-electron chi connectivity index (χ2n) is 8.99. The van der Waals surface area contributed by atoms with Crippen LogP contribution in [-0.4, -0.2) is 22.6 Å². The van der Waals surface area contributed by atoms with Crippen molar-refractivity contribution in [1.82, 2.24) is 0 Å². The van der Waals surface area contributed by atoms with Crippen molar-refractivity contribution in [3.63, 3.8) is 0 Å². The summed E-state index contributed by atoms with van der Waals surface area (Å²) in [5.74, 6) is 2.03. The Bertz CT molecular complexity index is 1500. The molecule has 0 fully saturated rings. The summed E-state index contributed by atoms with van der Waals surface area (Å²) in [5.41, 5.74) is 5.09. The second-order valence-corrected chi connectivity index (χ2v) is 11.1. The lowest BCUT2D eigenvalue weighted by atomic mass is 10.2. The van der Waals surface area contributed by atoms with E-state index >= 15 is 0 Å². The van der Waals surface area contributed by atoms with Crippen LogP contribution in [0.2, 0.25) is 0 Å². The van der Waals surface area contributed by atoms with Crippen molar-refractivity contribution in [2.24, 2.45) is 9.98 Å². The molecule has 0 saturated carbocycles. The average molecular weight is 561 g/mol. The summed E-state index contributed by atoms with van der Waals surface area (Å²) in [6.07, 6.45) is 3.32. The van der Waals surface area contributed by atoms with Crippen molar-refractivity contribution >= 4 is 47.3 Å². The first kappa shape index (κ1) is 27.3. The van der Waals surface area contributed by atoms with Crippen LogP contribution >= 0.6 is 23.5 Å². The first-order chi connectivity index (χ1) is 19.6. The average Bonchev–Trinajstić information content (AvgIpc) is 3.00. The molecule has 0 aliphatic heterocycles. The summed E-state index contributed by atoms with van der Waals surface area (Å²) < 4.78 is 0. The lowest BCUT2D eigenvalue weighted by Gasteiger charge is -2.06. The lowest BCUT2D eigenvalue weighted by molar-refractivity contribution is 0.473. The van der Waals surface area contributed by atoms with Crippen LogP contribution in [0.1, 0.15) is 22.3 Å². The highest BCUT2D eigenvalue weighted by molar-refractivity contribution is 7.98. The molecule has 0 saturated heterocycles. The first-order valence-corrected chi connectivity index (χ1v) is 14.8. The van der Waals surface area contributed by atoms with Gasteiger partial charge in [-0.2, -0.15) is 0 Å². The molecule has 5 aromatic rings. The summed E-state index contributed by atoms with van der Waals surface area (Å²) in [7, 11) is 0. The zero-order valence-corrected chi connectivity index (χ0v) is 23.4. The van der Waals surface area contributed by atoms with Gasteiger partial charge in [-0.1, -0.05) is 72.8 Å². The van der Waals surface area contributed by atoms with Crippen LogP contribution in [0.25, 0.3) is 0 Å². The molecule has 0 atom stereocenters. The highest BCUT2D eigenvalue weighted by atomic mass is 32.2. The normalized spacial score (nSPS) is 11.4. The van der Waals surface area contributed by atoms with Crippen molar-refractivity contribution in [1.29, 1.82) is 0 Å². The van der Waals surface area contributed by atoms with E-state index in [1.54, 1.807) is 48.1 Å². The Morgan fingerprint density at radius 3 is 1.32 bits per heavy atom. The van der Waals surface area contributed by atoms with E-state index in [0.717, 1.165) is 21.3 Å². The van der Waals surface area contributed by atoms with E-state index in [1.165, 1.54) is 11.1 Å². The molecule has 0 bridgehead atoms. The number of benzene rings is 5. The Kier molecular flexibility index (Phi) is 9.35. The van der Waals surface area contributed by atoms with Crippen molar-refractivity contribution in [3.8, 4) is 11.5 Å². The molecule has 2 N–H and O–H groups in total. The zero-order valence-electron chi connectivity index (χ0n) is 21.7. The molecule has 0 unspecified atom stereocenters. The molecule has 4 nitrogen and oxygen atoms in total. The lowest BCUT2D eigenvalue weighted by Crippen LogP contribution is -1.86. The Hall–Kier alpha value is -4.26. The number of aromatic hydroxyl groups is 2. The summed E-state index contributed by atoms with van der Waals surface area (Å²) in [6.45, 7) is 0. The minimum absolute atomic E-state index is 0.170. The predicted molar refractivity (Wildman–Crippen MR) is 169 cm³/mol. The van der Waals surface area contributed by atoms with Gasteiger partial charge in [-0.25, -0.2) is 0 Å². The van der Waals surface area contributed by atoms with E-state index in [0.29, 0.717) is 22.5 Å².